The molecule has 0 bridgehead atoms. The van der Waals surface area contributed by atoms with E-state index in [1.165, 1.54) is 0 Å². The Balaban J connectivity index is 1.86. The van der Waals surface area contributed by atoms with Crippen LogP contribution in [0.15, 0.2) is 53.1 Å². The third kappa shape index (κ3) is 7.56. The molecule has 3 N–H and O–H groups in total. The van der Waals surface area contributed by atoms with Crippen molar-refractivity contribution in [2.45, 2.75) is 51.6 Å². The van der Waals surface area contributed by atoms with Crippen molar-refractivity contribution < 1.29 is 14.0 Å². The highest BCUT2D eigenvalue weighted by molar-refractivity contribution is 5.79. The number of unbranched alkanes of at least 4 members (excludes halogenated alkanes) is 2. The third-order valence-corrected chi connectivity index (χ3v) is 4.66. The summed E-state index contributed by atoms with van der Waals surface area (Å²) in [6.07, 6.45) is 4.97. The monoisotopic (exact) mass is 385 g/mol. The van der Waals surface area contributed by atoms with Crippen LogP contribution in [0.5, 0.6) is 0 Å². The van der Waals surface area contributed by atoms with Crippen molar-refractivity contribution in [2.75, 3.05) is 13.1 Å². The molecule has 6 heteroatoms. The molecule has 1 aromatic carbocycles. The summed E-state index contributed by atoms with van der Waals surface area (Å²) < 4.78 is 5.38. The van der Waals surface area contributed by atoms with Crippen LogP contribution in [0, 0.1) is 0 Å². The van der Waals surface area contributed by atoms with E-state index < -0.39 is 0 Å². The zero-order valence-electron chi connectivity index (χ0n) is 16.6. The first-order chi connectivity index (χ1) is 13.6. The molecule has 2 rings (SSSR count). The van der Waals surface area contributed by atoms with Gasteiger partial charge in [-0.3, -0.25) is 9.59 Å². The summed E-state index contributed by atoms with van der Waals surface area (Å²) >= 11 is 0. The van der Waals surface area contributed by atoms with E-state index in [9.17, 15) is 9.59 Å². The number of hydrogen-bond acceptors (Lipinski definition) is 4. The maximum absolute atomic E-state index is 12.6. The summed E-state index contributed by atoms with van der Waals surface area (Å²) in [6.45, 7) is 3.34. The Labute approximate surface area is 167 Å². The topological polar surface area (TPSA) is 88.6 Å². The fourth-order valence-corrected chi connectivity index (χ4v) is 3.01. The standard InChI is InChI=1S/C22H31N3O3/c1-18(19-9-4-2-5-10-19)24-21(26)13-15-25(17-20-11-8-16-28-20)22(27)12-6-3-7-14-23/h2,4-5,8-11,16,18H,3,6-7,12-15,17,23H2,1H3,(H,24,26). The Morgan fingerprint density at radius 1 is 1.07 bits per heavy atom. The highest BCUT2D eigenvalue weighted by Crippen LogP contribution is 2.13. The van der Waals surface area contributed by atoms with Gasteiger partial charge in [0.2, 0.25) is 11.8 Å². The summed E-state index contributed by atoms with van der Waals surface area (Å²) in [4.78, 5) is 26.7. The van der Waals surface area contributed by atoms with Gasteiger partial charge in [-0.25, -0.2) is 0 Å². The number of carbonyl (C=O) groups is 2. The molecule has 0 aliphatic carbocycles. The van der Waals surface area contributed by atoms with E-state index in [4.69, 9.17) is 10.2 Å². The molecule has 6 nitrogen and oxygen atoms in total. The SMILES string of the molecule is CC(NC(=O)CCN(Cc1ccco1)C(=O)CCCCCN)c1ccccc1. The third-order valence-electron chi connectivity index (χ3n) is 4.66. The average molecular weight is 386 g/mol. The number of benzene rings is 1. The number of nitrogens with one attached hydrogen (secondary N) is 1. The normalized spacial score (nSPS) is 11.8. The zero-order chi connectivity index (χ0) is 20.2. The molecular weight excluding hydrogens is 354 g/mol. The van der Waals surface area contributed by atoms with Crippen molar-refractivity contribution >= 4 is 11.8 Å². The van der Waals surface area contributed by atoms with E-state index in [-0.39, 0.29) is 24.3 Å². The second-order valence-electron chi connectivity index (χ2n) is 6.94. The minimum atomic E-state index is -0.0725. The van der Waals surface area contributed by atoms with Gasteiger partial charge in [0, 0.05) is 19.4 Å². The largest absolute Gasteiger partial charge is 0.467 e. The average Bonchev–Trinajstić information content (AvgIpc) is 3.22. The molecule has 1 atom stereocenters. The minimum absolute atomic E-state index is 0.0392. The summed E-state index contributed by atoms with van der Waals surface area (Å²) in [5.41, 5.74) is 6.56. The predicted molar refractivity (Wildman–Crippen MR) is 109 cm³/mol. The Kier molecular flexibility index (Phi) is 9.28. The molecule has 2 aromatic rings. The number of carbonyl (C=O) groups excluding carboxylic acids is 2. The van der Waals surface area contributed by atoms with Crippen LogP contribution in [0.4, 0.5) is 0 Å². The highest BCUT2D eigenvalue weighted by Gasteiger charge is 2.17. The van der Waals surface area contributed by atoms with Crippen LogP contribution in [0.1, 0.15) is 56.4 Å². The van der Waals surface area contributed by atoms with E-state index >= 15 is 0 Å². The molecule has 1 heterocycles. The van der Waals surface area contributed by atoms with Gasteiger partial charge in [-0.05, 0) is 44.0 Å². The summed E-state index contributed by atoms with van der Waals surface area (Å²) in [5.74, 6) is 0.683. The molecule has 1 aromatic heterocycles. The Morgan fingerprint density at radius 2 is 1.86 bits per heavy atom. The van der Waals surface area contributed by atoms with Gasteiger partial charge in [0.25, 0.3) is 0 Å². The minimum Gasteiger partial charge on any atom is -0.467 e. The van der Waals surface area contributed by atoms with Crippen molar-refractivity contribution in [1.82, 2.24) is 10.2 Å². The number of furan rings is 1. The lowest BCUT2D eigenvalue weighted by molar-refractivity contribution is -0.133. The molecule has 0 saturated carbocycles. The first-order valence-corrected chi connectivity index (χ1v) is 9.94. The lowest BCUT2D eigenvalue weighted by Gasteiger charge is -2.22. The first kappa shape index (κ1) is 21.7. The number of nitrogens with two attached hydrogens (primary N) is 1. The number of hydrogen-bond donors (Lipinski definition) is 2. The van der Waals surface area contributed by atoms with E-state index in [0.29, 0.717) is 31.8 Å². The van der Waals surface area contributed by atoms with Gasteiger partial charge in [0.05, 0.1) is 18.8 Å². The van der Waals surface area contributed by atoms with Gasteiger partial charge in [-0.1, -0.05) is 36.8 Å². The van der Waals surface area contributed by atoms with E-state index in [1.54, 1.807) is 17.2 Å². The van der Waals surface area contributed by atoms with Crippen molar-refractivity contribution in [3.63, 3.8) is 0 Å². The molecule has 2 amide bonds. The molecule has 0 spiro atoms. The van der Waals surface area contributed by atoms with Gasteiger partial charge in [-0.15, -0.1) is 0 Å². The zero-order valence-corrected chi connectivity index (χ0v) is 16.6. The van der Waals surface area contributed by atoms with Crippen LogP contribution in [-0.2, 0) is 16.1 Å². The summed E-state index contributed by atoms with van der Waals surface area (Å²) in [5, 5.41) is 3.00. The molecule has 0 saturated heterocycles. The lowest BCUT2D eigenvalue weighted by Crippen LogP contribution is -2.35. The number of rotatable bonds is 12. The highest BCUT2D eigenvalue weighted by atomic mass is 16.3. The van der Waals surface area contributed by atoms with E-state index in [1.807, 2.05) is 43.3 Å². The quantitative estimate of drug-likeness (QED) is 0.548. The first-order valence-electron chi connectivity index (χ1n) is 9.94. The fourth-order valence-electron chi connectivity index (χ4n) is 3.01. The van der Waals surface area contributed by atoms with E-state index in [2.05, 4.69) is 5.32 Å². The van der Waals surface area contributed by atoms with Gasteiger partial charge in [0.1, 0.15) is 5.76 Å². The van der Waals surface area contributed by atoms with Gasteiger partial charge < -0.3 is 20.4 Å². The van der Waals surface area contributed by atoms with Crippen LogP contribution < -0.4 is 11.1 Å². The van der Waals surface area contributed by atoms with Crippen molar-refractivity contribution in [2.24, 2.45) is 5.73 Å². The lowest BCUT2D eigenvalue weighted by atomic mass is 10.1. The molecule has 0 fully saturated rings. The van der Waals surface area contributed by atoms with Crippen LogP contribution in [0.3, 0.4) is 0 Å². The van der Waals surface area contributed by atoms with Crippen molar-refractivity contribution in [3.05, 3.63) is 60.1 Å². The molecule has 152 valence electrons. The smallest absolute Gasteiger partial charge is 0.222 e. The van der Waals surface area contributed by atoms with Crippen LogP contribution in [-0.4, -0.2) is 29.8 Å². The number of nitrogens with zero attached hydrogens (tertiary/aromatic N) is 1. The second kappa shape index (κ2) is 12.0. The molecule has 28 heavy (non-hydrogen) atoms. The van der Waals surface area contributed by atoms with Crippen LogP contribution in [0.2, 0.25) is 0 Å². The maximum Gasteiger partial charge on any atom is 0.222 e. The summed E-state index contributed by atoms with van der Waals surface area (Å²) in [7, 11) is 0. The fraction of sp³-hybridized carbons (Fsp3) is 0.455. The molecule has 1 unspecified atom stereocenters. The van der Waals surface area contributed by atoms with Crippen LogP contribution >= 0.6 is 0 Å². The van der Waals surface area contributed by atoms with Crippen molar-refractivity contribution in [1.29, 1.82) is 0 Å². The Morgan fingerprint density at radius 3 is 2.54 bits per heavy atom. The van der Waals surface area contributed by atoms with E-state index in [0.717, 1.165) is 24.8 Å². The summed E-state index contributed by atoms with van der Waals surface area (Å²) in [6, 6.07) is 13.4. The predicted octanol–water partition coefficient (Wildman–Crippen LogP) is 3.39. The Bertz CT molecular complexity index is 701. The molecular formula is C22H31N3O3. The molecule has 0 aliphatic rings. The maximum atomic E-state index is 12.6. The molecule has 0 aliphatic heterocycles. The van der Waals surface area contributed by atoms with Gasteiger partial charge in [0.15, 0.2) is 0 Å². The molecule has 0 radical (unpaired) electrons. The van der Waals surface area contributed by atoms with Gasteiger partial charge in [-0.2, -0.15) is 0 Å². The van der Waals surface area contributed by atoms with Crippen LogP contribution in [0.25, 0.3) is 0 Å². The Hall–Kier alpha value is -2.60. The number of amides is 2. The van der Waals surface area contributed by atoms with Crippen molar-refractivity contribution in [3.8, 4) is 0 Å². The van der Waals surface area contributed by atoms with Gasteiger partial charge >= 0.3 is 0 Å². The second-order valence-corrected chi connectivity index (χ2v) is 6.94.